The summed E-state index contributed by atoms with van der Waals surface area (Å²) in [5.74, 6) is 0. The first kappa shape index (κ1) is 5.61. The maximum Gasteiger partial charge on any atom is 0.115 e. The zero-order chi connectivity index (χ0) is 6.81. The van der Waals surface area contributed by atoms with Gasteiger partial charge in [-0.3, -0.25) is 5.32 Å². The van der Waals surface area contributed by atoms with Gasteiger partial charge >= 0.3 is 0 Å². The molecular weight excluding hydrogens is 128 g/mol. The number of nitrogens with one attached hydrogen (secondary N) is 2. The summed E-state index contributed by atoms with van der Waals surface area (Å²) >= 11 is 0. The minimum atomic E-state index is 0.806. The molecule has 2 heterocycles. The van der Waals surface area contributed by atoms with Crippen molar-refractivity contribution in [1.29, 1.82) is 0 Å². The standard InChI is InChI=1S/C6H8N4/c1-5-6(10-3-7-1)2-8-4-9-5/h1,3,8-9H,2,4H2. The zero-order valence-corrected chi connectivity index (χ0v) is 5.46. The Balaban J connectivity index is 2.41. The fourth-order valence-corrected chi connectivity index (χ4v) is 0.982. The molecule has 0 saturated heterocycles. The van der Waals surface area contributed by atoms with Crippen molar-refractivity contribution in [2.75, 3.05) is 12.0 Å². The largest absolute Gasteiger partial charge is 0.370 e. The smallest absolute Gasteiger partial charge is 0.115 e. The highest BCUT2D eigenvalue weighted by atomic mass is 15.1. The minimum Gasteiger partial charge on any atom is -0.370 e. The van der Waals surface area contributed by atoms with Gasteiger partial charge in [0.05, 0.1) is 24.2 Å². The Morgan fingerprint density at radius 1 is 1.50 bits per heavy atom. The van der Waals surface area contributed by atoms with E-state index in [4.69, 9.17) is 0 Å². The Hall–Kier alpha value is -1.16. The Kier molecular flexibility index (Phi) is 1.25. The summed E-state index contributed by atoms with van der Waals surface area (Å²) < 4.78 is 0. The molecule has 2 N–H and O–H groups in total. The number of aromatic nitrogens is 2. The number of anilines is 1. The van der Waals surface area contributed by atoms with Gasteiger partial charge in [0, 0.05) is 6.54 Å². The monoisotopic (exact) mass is 136 g/mol. The van der Waals surface area contributed by atoms with Gasteiger partial charge in [-0.25, -0.2) is 9.97 Å². The second-order valence-electron chi connectivity index (χ2n) is 2.16. The molecule has 52 valence electrons. The van der Waals surface area contributed by atoms with Crippen LogP contribution in [0.5, 0.6) is 0 Å². The molecule has 0 amide bonds. The maximum atomic E-state index is 4.08. The molecule has 1 aromatic heterocycles. The van der Waals surface area contributed by atoms with Crippen molar-refractivity contribution < 1.29 is 0 Å². The Labute approximate surface area is 58.7 Å². The van der Waals surface area contributed by atoms with Crippen LogP contribution in [0.2, 0.25) is 0 Å². The molecule has 0 spiro atoms. The van der Waals surface area contributed by atoms with Crippen LogP contribution in [-0.2, 0) is 6.54 Å². The molecule has 0 fully saturated rings. The van der Waals surface area contributed by atoms with Crippen molar-refractivity contribution in [3.05, 3.63) is 18.2 Å². The fraction of sp³-hybridized carbons (Fsp3) is 0.333. The van der Waals surface area contributed by atoms with Crippen LogP contribution in [-0.4, -0.2) is 16.6 Å². The normalized spacial score (nSPS) is 15.6. The first-order valence-electron chi connectivity index (χ1n) is 3.20. The Morgan fingerprint density at radius 3 is 3.40 bits per heavy atom. The summed E-state index contributed by atoms with van der Waals surface area (Å²) in [6.07, 6.45) is 3.36. The van der Waals surface area contributed by atoms with E-state index >= 15 is 0 Å². The molecular formula is C6H8N4. The van der Waals surface area contributed by atoms with Crippen molar-refractivity contribution in [1.82, 2.24) is 15.3 Å². The van der Waals surface area contributed by atoms with E-state index in [1.807, 2.05) is 0 Å². The first-order chi connectivity index (χ1) is 4.97. The average molecular weight is 136 g/mol. The Morgan fingerprint density at radius 2 is 2.50 bits per heavy atom. The predicted molar refractivity (Wildman–Crippen MR) is 37.4 cm³/mol. The van der Waals surface area contributed by atoms with Crippen LogP contribution in [0.4, 0.5) is 5.69 Å². The van der Waals surface area contributed by atoms with Crippen LogP contribution in [0.25, 0.3) is 0 Å². The highest BCUT2D eigenvalue weighted by molar-refractivity contribution is 5.46. The van der Waals surface area contributed by atoms with E-state index in [0.717, 1.165) is 24.6 Å². The summed E-state index contributed by atoms with van der Waals surface area (Å²) in [6, 6.07) is 0. The van der Waals surface area contributed by atoms with Gasteiger partial charge in [0.25, 0.3) is 0 Å². The van der Waals surface area contributed by atoms with Gasteiger partial charge in [0.1, 0.15) is 6.33 Å². The molecule has 4 heteroatoms. The summed E-state index contributed by atoms with van der Waals surface area (Å²) in [6.45, 7) is 1.64. The minimum absolute atomic E-state index is 0.806. The lowest BCUT2D eigenvalue weighted by Crippen LogP contribution is -2.28. The van der Waals surface area contributed by atoms with Crippen molar-refractivity contribution in [2.45, 2.75) is 6.54 Å². The van der Waals surface area contributed by atoms with E-state index < -0.39 is 0 Å². The van der Waals surface area contributed by atoms with Gasteiger partial charge in [-0.05, 0) is 0 Å². The van der Waals surface area contributed by atoms with E-state index in [2.05, 4.69) is 20.6 Å². The number of nitrogens with zero attached hydrogens (tertiary/aromatic N) is 2. The van der Waals surface area contributed by atoms with Gasteiger partial charge in [0.15, 0.2) is 0 Å². The van der Waals surface area contributed by atoms with Crippen molar-refractivity contribution >= 4 is 5.69 Å². The van der Waals surface area contributed by atoms with E-state index in [9.17, 15) is 0 Å². The van der Waals surface area contributed by atoms with E-state index in [0.29, 0.717) is 0 Å². The third-order valence-corrected chi connectivity index (χ3v) is 1.49. The Bertz CT molecular complexity index is 210. The number of rotatable bonds is 0. The van der Waals surface area contributed by atoms with E-state index in [1.165, 1.54) is 0 Å². The van der Waals surface area contributed by atoms with E-state index in [-0.39, 0.29) is 0 Å². The molecule has 4 nitrogen and oxygen atoms in total. The number of fused-ring (bicyclic) bond motifs is 1. The zero-order valence-electron chi connectivity index (χ0n) is 5.46. The average Bonchev–Trinajstić information content (AvgIpc) is 2.05. The summed E-state index contributed by atoms with van der Waals surface area (Å²) in [7, 11) is 0. The van der Waals surface area contributed by atoms with Crippen molar-refractivity contribution in [2.24, 2.45) is 0 Å². The van der Waals surface area contributed by atoms with Crippen LogP contribution < -0.4 is 10.6 Å². The van der Waals surface area contributed by atoms with E-state index in [1.54, 1.807) is 12.5 Å². The highest BCUT2D eigenvalue weighted by Gasteiger charge is 2.06. The van der Waals surface area contributed by atoms with Crippen LogP contribution in [0.1, 0.15) is 5.69 Å². The molecule has 1 aliphatic rings. The fourth-order valence-electron chi connectivity index (χ4n) is 0.982. The molecule has 0 unspecified atom stereocenters. The third kappa shape index (κ3) is 0.823. The van der Waals surface area contributed by atoms with Gasteiger partial charge in [-0.15, -0.1) is 0 Å². The number of hydrogen-bond acceptors (Lipinski definition) is 4. The van der Waals surface area contributed by atoms with Gasteiger partial charge in [0.2, 0.25) is 0 Å². The van der Waals surface area contributed by atoms with Gasteiger partial charge in [-0.1, -0.05) is 0 Å². The summed E-state index contributed by atoms with van der Waals surface area (Å²) in [5.41, 5.74) is 2.09. The molecule has 0 aliphatic carbocycles. The summed E-state index contributed by atoms with van der Waals surface area (Å²) in [5, 5.41) is 6.27. The second kappa shape index (κ2) is 2.22. The first-order valence-corrected chi connectivity index (χ1v) is 3.20. The SMILES string of the molecule is c1ncc2c(n1)CNCN2. The van der Waals surface area contributed by atoms with Crippen molar-refractivity contribution in [3.63, 3.8) is 0 Å². The molecule has 1 aromatic rings. The predicted octanol–water partition coefficient (Wildman–Crippen LogP) is -0.0508. The molecule has 10 heavy (non-hydrogen) atoms. The quantitative estimate of drug-likeness (QED) is 0.525. The lowest BCUT2D eigenvalue weighted by Gasteiger charge is -2.16. The second-order valence-corrected chi connectivity index (χ2v) is 2.16. The van der Waals surface area contributed by atoms with Crippen LogP contribution in [0, 0.1) is 0 Å². The molecule has 2 rings (SSSR count). The number of hydrogen-bond donors (Lipinski definition) is 2. The molecule has 0 radical (unpaired) electrons. The molecule has 0 atom stereocenters. The van der Waals surface area contributed by atoms with Crippen LogP contribution in [0.3, 0.4) is 0 Å². The lowest BCUT2D eigenvalue weighted by atomic mass is 10.3. The molecule has 0 bridgehead atoms. The van der Waals surface area contributed by atoms with Crippen molar-refractivity contribution in [3.8, 4) is 0 Å². The third-order valence-electron chi connectivity index (χ3n) is 1.49. The highest BCUT2D eigenvalue weighted by Crippen LogP contribution is 2.11. The maximum absolute atomic E-state index is 4.08. The topological polar surface area (TPSA) is 49.8 Å². The molecule has 1 aliphatic heterocycles. The molecule has 0 aromatic carbocycles. The molecule has 0 saturated carbocycles. The summed E-state index contributed by atoms with van der Waals surface area (Å²) in [4.78, 5) is 7.98. The van der Waals surface area contributed by atoms with Crippen LogP contribution in [0.15, 0.2) is 12.5 Å². The van der Waals surface area contributed by atoms with Crippen LogP contribution >= 0.6 is 0 Å². The van der Waals surface area contributed by atoms with Gasteiger partial charge < -0.3 is 5.32 Å². The lowest BCUT2D eigenvalue weighted by molar-refractivity contribution is 0.687. The van der Waals surface area contributed by atoms with Gasteiger partial charge in [-0.2, -0.15) is 0 Å².